The number of hydrogen-bond donors (Lipinski definition) is 4. The lowest BCUT2D eigenvalue weighted by Crippen LogP contribution is -2.56. The van der Waals surface area contributed by atoms with E-state index in [1.54, 1.807) is 6.92 Å². The molecule has 5 atom stereocenters. The maximum Gasteiger partial charge on any atom is 0.106 e. The smallest absolute Gasteiger partial charge is 0.106 e. The second kappa shape index (κ2) is 3.08. The first-order valence-corrected chi connectivity index (χ1v) is 6.95. The van der Waals surface area contributed by atoms with Gasteiger partial charge in [-0.15, -0.1) is 0 Å². The fourth-order valence-electron chi connectivity index (χ4n) is 5.37. The average molecular weight is 268 g/mol. The van der Waals surface area contributed by atoms with Crippen LogP contribution in [0.15, 0.2) is 12.2 Å². The van der Waals surface area contributed by atoms with Crippen molar-refractivity contribution in [1.29, 1.82) is 0 Å². The summed E-state index contributed by atoms with van der Waals surface area (Å²) >= 11 is 0. The molecule has 0 aromatic carbocycles. The van der Waals surface area contributed by atoms with E-state index in [-0.39, 0.29) is 18.3 Å². The molecule has 0 radical (unpaired) electrons. The lowest BCUT2D eigenvalue weighted by Gasteiger charge is -2.45. The number of fused-ring (bicyclic) bond motifs is 3. The van der Waals surface area contributed by atoms with Crippen molar-refractivity contribution in [3.8, 4) is 0 Å². The van der Waals surface area contributed by atoms with E-state index >= 15 is 0 Å². The predicted molar refractivity (Wildman–Crippen MR) is 70.4 cm³/mol. The van der Waals surface area contributed by atoms with Crippen molar-refractivity contribution < 1.29 is 20.4 Å². The summed E-state index contributed by atoms with van der Waals surface area (Å²) in [5, 5.41) is 43.1. The number of rotatable bonds is 0. The highest BCUT2D eigenvalue weighted by Crippen LogP contribution is 2.73. The van der Waals surface area contributed by atoms with Gasteiger partial charge in [-0.2, -0.15) is 0 Å². The second-order valence-electron chi connectivity index (χ2n) is 7.99. The van der Waals surface area contributed by atoms with Crippen molar-refractivity contribution in [3.05, 3.63) is 12.2 Å². The van der Waals surface area contributed by atoms with Gasteiger partial charge in [0.1, 0.15) is 5.60 Å². The van der Waals surface area contributed by atoms with E-state index in [1.807, 2.05) is 13.8 Å². The average Bonchev–Trinajstić information content (AvgIpc) is 2.54. The SMILES string of the molecule is C=C1C(O)CC2(O)CC3(O)CC(C)(C)CC3(O)C12C. The topological polar surface area (TPSA) is 80.9 Å². The van der Waals surface area contributed by atoms with Crippen LogP contribution < -0.4 is 0 Å². The molecule has 0 heterocycles. The van der Waals surface area contributed by atoms with Crippen LogP contribution in [-0.4, -0.2) is 43.3 Å². The third kappa shape index (κ3) is 1.20. The van der Waals surface area contributed by atoms with E-state index in [4.69, 9.17) is 0 Å². The summed E-state index contributed by atoms with van der Waals surface area (Å²) in [5.74, 6) is 0. The largest absolute Gasteiger partial charge is 0.389 e. The fraction of sp³-hybridized carbons (Fsp3) is 0.867. The molecule has 4 N–H and O–H groups in total. The first-order valence-electron chi connectivity index (χ1n) is 6.95. The molecule has 0 amide bonds. The van der Waals surface area contributed by atoms with Crippen LogP contribution in [0.4, 0.5) is 0 Å². The van der Waals surface area contributed by atoms with Gasteiger partial charge in [0, 0.05) is 12.8 Å². The summed E-state index contributed by atoms with van der Waals surface area (Å²) < 4.78 is 0. The van der Waals surface area contributed by atoms with Crippen LogP contribution in [0.5, 0.6) is 0 Å². The number of aliphatic hydroxyl groups is 4. The van der Waals surface area contributed by atoms with Crippen molar-refractivity contribution in [1.82, 2.24) is 0 Å². The number of aliphatic hydroxyl groups excluding tert-OH is 1. The van der Waals surface area contributed by atoms with Gasteiger partial charge in [0.05, 0.1) is 22.7 Å². The highest BCUT2D eigenvalue weighted by molar-refractivity contribution is 5.42. The molecule has 3 aliphatic rings. The molecular weight excluding hydrogens is 244 g/mol. The molecular formula is C15H24O4. The molecule has 0 bridgehead atoms. The molecule has 3 rings (SSSR count). The molecule has 0 saturated heterocycles. The molecule has 0 aromatic heterocycles. The van der Waals surface area contributed by atoms with E-state index < -0.39 is 28.3 Å². The minimum atomic E-state index is -1.42. The molecule has 19 heavy (non-hydrogen) atoms. The minimum absolute atomic E-state index is 0.104. The Balaban J connectivity index is 2.19. The zero-order valence-corrected chi connectivity index (χ0v) is 11.9. The van der Waals surface area contributed by atoms with Crippen molar-refractivity contribution in [2.24, 2.45) is 10.8 Å². The lowest BCUT2D eigenvalue weighted by molar-refractivity contribution is -0.156. The normalized spacial score (nSPS) is 59.3. The Morgan fingerprint density at radius 3 is 2.16 bits per heavy atom. The molecule has 0 spiro atoms. The summed E-state index contributed by atoms with van der Waals surface area (Å²) in [4.78, 5) is 0. The van der Waals surface area contributed by atoms with E-state index in [1.165, 1.54) is 0 Å². The van der Waals surface area contributed by atoms with Gasteiger partial charge in [0.2, 0.25) is 0 Å². The Bertz CT molecular complexity index is 473. The van der Waals surface area contributed by atoms with Crippen molar-refractivity contribution in [3.63, 3.8) is 0 Å². The third-order valence-corrected chi connectivity index (χ3v) is 6.19. The molecule has 108 valence electrons. The Hall–Kier alpha value is -0.420. The van der Waals surface area contributed by atoms with Crippen LogP contribution in [-0.2, 0) is 0 Å². The molecule has 4 heteroatoms. The van der Waals surface area contributed by atoms with Gasteiger partial charge in [-0.25, -0.2) is 0 Å². The highest BCUT2D eigenvalue weighted by atomic mass is 16.4. The summed E-state index contributed by atoms with van der Waals surface area (Å²) in [6.07, 6.45) is 0.297. The lowest BCUT2D eigenvalue weighted by atomic mass is 9.65. The Morgan fingerprint density at radius 2 is 1.58 bits per heavy atom. The first-order chi connectivity index (χ1) is 8.41. The van der Waals surface area contributed by atoms with Crippen LogP contribution in [0.25, 0.3) is 0 Å². The van der Waals surface area contributed by atoms with Crippen LogP contribution in [0.1, 0.15) is 46.5 Å². The predicted octanol–water partition coefficient (Wildman–Crippen LogP) is 0.730. The minimum Gasteiger partial charge on any atom is -0.389 e. The highest BCUT2D eigenvalue weighted by Gasteiger charge is 2.81. The van der Waals surface area contributed by atoms with Crippen LogP contribution in [0.3, 0.4) is 0 Å². The van der Waals surface area contributed by atoms with E-state index in [0.717, 1.165) is 0 Å². The van der Waals surface area contributed by atoms with Crippen LogP contribution in [0, 0.1) is 10.8 Å². The van der Waals surface area contributed by atoms with Gasteiger partial charge in [0.15, 0.2) is 0 Å². The van der Waals surface area contributed by atoms with Gasteiger partial charge >= 0.3 is 0 Å². The van der Waals surface area contributed by atoms with Crippen molar-refractivity contribution in [2.45, 2.75) is 69.4 Å². The summed E-state index contributed by atoms with van der Waals surface area (Å²) in [6, 6.07) is 0. The number of hydrogen-bond acceptors (Lipinski definition) is 4. The molecule has 3 fully saturated rings. The third-order valence-electron chi connectivity index (χ3n) is 6.19. The van der Waals surface area contributed by atoms with Gasteiger partial charge in [0.25, 0.3) is 0 Å². The van der Waals surface area contributed by atoms with Crippen molar-refractivity contribution >= 4 is 0 Å². The summed E-state index contributed by atoms with van der Waals surface area (Å²) in [7, 11) is 0. The second-order valence-corrected chi connectivity index (χ2v) is 7.99. The van der Waals surface area contributed by atoms with E-state index in [2.05, 4.69) is 6.58 Å². The maximum atomic E-state index is 11.2. The van der Waals surface area contributed by atoms with Crippen LogP contribution in [0.2, 0.25) is 0 Å². The molecule has 5 unspecified atom stereocenters. The molecule has 3 saturated carbocycles. The first kappa shape index (κ1) is 13.6. The monoisotopic (exact) mass is 268 g/mol. The van der Waals surface area contributed by atoms with E-state index in [9.17, 15) is 20.4 Å². The zero-order chi connectivity index (χ0) is 14.5. The maximum absolute atomic E-state index is 11.2. The van der Waals surface area contributed by atoms with Gasteiger partial charge < -0.3 is 20.4 Å². The zero-order valence-electron chi connectivity index (χ0n) is 11.9. The summed E-state index contributed by atoms with van der Waals surface area (Å²) in [6.45, 7) is 9.66. The Kier molecular flexibility index (Phi) is 2.20. The quantitative estimate of drug-likeness (QED) is 0.488. The van der Waals surface area contributed by atoms with E-state index in [0.29, 0.717) is 18.4 Å². The van der Waals surface area contributed by atoms with Crippen molar-refractivity contribution in [2.75, 3.05) is 0 Å². The fourth-order valence-corrected chi connectivity index (χ4v) is 5.37. The van der Waals surface area contributed by atoms with Gasteiger partial charge in [-0.05, 0) is 23.8 Å². The molecule has 4 nitrogen and oxygen atoms in total. The standard InChI is InChI=1S/C15H24O4/c1-9-10(16)5-13(17)8-14(18)6-11(2,3)7-15(14,19)12(9,13)4/h10,16-19H,1,5-8H2,2-4H3. The van der Waals surface area contributed by atoms with Crippen LogP contribution >= 0.6 is 0 Å². The van der Waals surface area contributed by atoms with Gasteiger partial charge in [-0.1, -0.05) is 27.4 Å². The molecule has 0 aliphatic heterocycles. The Labute approximate surface area is 113 Å². The molecule has 0 aromatic rings. The summed E-state index contributed by atoms with van der Waals surface area (Å²) in [5.41, 5.74) is -4.80. The molecule has 3 aliphatic carbocycles. The van der Waals surface area contributed by atoms with Gasteiger partial charge in [-0.3, -0.25) is 0 Å². The Morgan fingerprint density at radius 1 is 1.00 bits per heavy atom.